The van der Waals surface area contributed by atoms with Crippen molar-refractivity contribution in [1.29, 1.82) is 5.26 Å². The van der Waals surface area contributed by atoms with E-state index >= 15 is 0 Å². The average molecular weight is 468 g/mol. The monoisotopic (exact) mass is 467 g/mol. The van der Waals surface area contributed by atoms with E-state index in [-0.39, 0.29) is 11.5 Å². The van der Waals surface area contributed by atoms with Crippen molar-refractivity contribution in [2.24, 2.45) is 5.92 Å². The number of aromatic nitrogens is 3. The molecule has 0 aliphatic rings. The van der Waals surface area contributed by atoms with Gasteiger partial charge in [-0.1, -0.05) is 25.6 Å². The van der Waals surface area contributed by atoms with Gasteiger partial charge in [0, 0.05) is 24.9 Å². The minimum atomic E-state index is -0.147. The van der Waals surface area contributed by atoms with Crippen LogP contribution in [0.15, 0.2) is 46.5 Å². The van der Waals surface area contributed by atoms with E-state index in [9.17, 15) is 9.59 Å². The molecule has 0 bridgehead atoms. The number of hydrogen-bond donors (Lipinski definition) is 2. The third kappa shape index (κ3) is 6.86. The lowest BCUT2D eigenvalue weighted by atomic mass is 10.1. The highest BCUT2D eigenvalue weighted by molar-refractivity contribution is 7.99. The molecule has 2 heterocycles. The quantitative estimate of drug-likeness (QED) is 0.236. The van der Waals surface area contributed by atoms with E-state index in [2.05, 4.69) is 29.1 Å². The standard InChI is InChI=1S/C24H29N5O3S/c1-17(2)11-15-32-19-8-6-18(7-9-19)29-23(31)20-10-14-27-22(20)28-24(29)33-16-3-5-21(30)26-13-4-12-25/h6-10,14,17,27H,3-5,11,13,15-16H2,1-2H3,(H,26,30). The van der Waals surface area contributed by atoms with Crippen molar-refractivity contribution in [2.45, 2.75) is 44.7 Å². The normalized spacial score (nSPS) is 11.0. The summed E-state index contributed by atoms with van der Waals surface area (Å²) in [6.07, 6.45) is 3.97. The molecule has 174 valence electrons. The highest BCUT2D eigenvalue weighted by Gasteiger charge is 2.14. The van der Waals surface area contributed by atoms with Crippen molar-refractivity contribution in [1.82, 2.24) is 19.9 Å². The molecule has 0 aliphatic heterocycles. The molecule has 3 aromatic rings. The molecule has 2 aromatic heterocycles. The SMILES string of the molecule is CC(C)CCOc1ccc(-n2c(SCCCC(=O)NCCC#N)nc3[nH]ccc3c2=O)cc1. The number of thioether (sulfide) groups is 1. The Morgan fingerprint density at radius 3 is 2.82 bits per heavy atom. The Kier molecular flexibility index (Phi) is 8.95. The van der Waals surface area contributed by atoms with Crippen LogP contribution in [0.25, 0.3) is 16.7 Å². The molecule has 0 atom stereocenters. The molecule has 0 spiro atoms. The summed E-state index contributed by atoms with van der Waals surface area (Å²) in [5.74, 6) is 1.88. The van der Waals surface area contributed by atoms with Crippen molar-refractivity contribution < 1.29 is 9.53 Å². The minimum Gasteiger partial charge on any atom is -0.494 e. The van der Waals surface area contributed by atoms with E-state index in [4.69, 9.17) is 10.00 Å². The van der Waals surface area contributed by atoms with Gasteiger partial charge in [-0.05, 0) is 49.1 Å². The van der Waals surface area contributed by atoms with Crippen molar-refractivity contribution in [3.63, 3.8) is 0 Å². The zero-order valence-corrected chi connectivity index (χ0v) is 19.8. The number of rotatable bonds is 12. The summed E-state index contributed by atoms with van der Waals surface area (Å²) in [6.45, 7) is 5.33. The maximum atomic E-state index is 13.2. The van der Waals surface area contributed by atoms with Gasteiger partial charge in [-0.3, -0.25) is 14.2 Å². The van der Waals surface area contributed by atoms with Crippen LogP contribution in [0.4, 0.5) is 0 Å². The summed E-state index contributed by atoms with van der Waals surface area (Å²) >= 11 is 1.43. The predicted molar refractivity (Wildman–Crippen MR) is 130 cm³/mol. The van der Waals surface area contributed by atoms with Gasteiger partial charge in [-0.25, -0.2) is 4.98 Å². The van der Waals surface area contributed by atoms with Gasteiger partial charge in [0.1, 0.15) is 11.4 Å². The number of benzene rings is 1. The van der Waals surface area contributed by atoms with E-state index in [1.807, 2.05) is 30.3 Å². The number of ether oxygens (including phenoxy) is 1. The topological polar surface area (TPSA) is 113 Å². The molecule has 0 saturated heterocycles. The van der Waals surface area contributed by atoms with Crippen LogP contribution in [0.2, 0.25) is 0 Å². The summed E-state index contributed by atoms with van der Waals surface area (Å²) in [7, 11) is 0. The molecule has 33 heavy (non-hydrogen) atoms. The highest BCUT2D eigenvalue weighted by Crippen LogP contribution is 2.23. The molecule has 0 saturated carbocycles. The molecule has 0 radical (unpaired) electrons. The summed E-state index contributed by atoms with van der Waals surface area (Å²) in [4.78, 5) is 32.7. The Labute approximate surface area is 197 Å². The van der Waals surface area contributed by atoms with E-state index < -0.39 is 0 Å². The number of hydrogen-bond acceptors (Lipinski definition) is 6. The van der Waals surface area contributed by atoms with Gasteiger partial charge in [0.15, 0.2) is 5.16 Å². The van der Waals surface area contributed by atoms with E-state index in [0.717, 1.165) is 12.2 Å². The van der Waals surface area contributed by atoms with Gasteiger partial charge in [-0.2, -0.15) is 5.26 Å². The second-order valence-electron chi connectivity index (χ2n) is 8.01. The van der Waals surface area contributed by atoms with Crippen LogP contribution < -0.4 is 15.6 Å². The number of carbonyl (C=O) groups excluding carboxylic acids is 1. The highest BCUT2D eigenvalue weighted by atomic mass is 32.2. The molecule has 0 fully saturated rings. The van der Waals surface area contributed by atoms with E-state index in [1.165, 1.54) is 11.8 Å². The van der Waals surface area contributed by atoms with Gasteiger partial charge in [0.05, 0.1) is 30.2 Å². The molecule has 9 heteroatoms. The molecule has 0 aliphatic carbocycles. The number of amides is 1. The number of carbonyl (C=O) groups is 1. The summed E-state index contributed by atoms with van der Waals surface area (Å²) in [6, 6.07) is 11.2. The number of H-pyrrole nitrogens is 1. The second-order valence-corrected chi connectivity index (χ2v) is 9.07. The fraction of sp³-hybridized carbons (Fsp3) is 0.417. The fourth-order valence-electron chi connectivity index (χ4n) is 3.15. The van der Waals surface area contributed by atoms with Crippen molar-refractivity contribution >= 4 is 28.7 Å². The van der Waals surface area contributed by atoms with Crippen molar-refractivity contribution in [2.75, 3.05) is 18.9 Å². The van der Waals surface area contributed by atoms with Crippen LogP contribution in [0.1, 0.15) is 39.5 Å². The Morgan fingerprint density at radius 1 is 1.30 bits per heavy atom. The number of aromatic amines is 1. The summed E-state index contributed by atoms with van der Waals surface area (Å²) in [5, 5.41) is 12.3. The molecule has 3 rings (SSSR count). The van der Waals surface area contributed by atoms with Crippen LogP contribution in [0, 0.1) is 17.2 Å². The predicted octanol–water partition coefficient (Wildman–Crippen LogP) is 4.04. The Balaban J connectivity index is 1.72. The zero-order chi connectivity index (χ0) is 23.6. The number of nitrogens with one attached hydrogen (secondary N) is 2. The first-order valence-electron chi connectivity index (χ1n) is 11.1. The average Bonchev–Trinajstić information content (AvgIpc) is 3.27. The molecule has 1 amide bonds. The van der Waals surface area contributed by atoms with Crippen LogP contribution in [0.3, 0.4) is 0 Å². The maximum Gasteiger partial charge on any atom is 0.268 e. The number of fused-ring (bicyclic) bond motifs is 1. The minimum absolute atomic E-state index is 0.0796. The first kappa shape index (κ1) is 24.4. The molecular formula is C24H29N5O3S. The smallest absolute Gasteiger partial charge is 0.268 e. The van der Waals surface area contributed by atoms with Crippen LogP contribution >= 0.6 is 11.8 Å². The molecule has 2 N–H and O–H groups in total. The van der Waals surface area contributed by atoms with Crippen molar-refractivity contribution in [3.05, 3.63) is 46.9 Å². The van der Waals surface area contributed by atoms with Crippen LogP contribution in [0.5, 0.6) is 5.75 Å². The van der Waals surface area contributed by atoms with Crippen molar-refractivity contribution in [3.8, 4) is 17.5 Å². The molecular weight excluding hydrogens is 438 g/mol. The van der Waals surface area contributed by atoms with Gasteiger partial charge < -0.3 is 15.0 Å². The first-order valence-corrected chi connectivity index (χ1v) is 12.1. The van der Waals surface area contributed by atoms with Crippen LogP contribution in [-0.2, 0) is 4.79 Å². The Bertz CT molecular complexity index is 1160. The second kappa shape index (κ2) is 12.1. The third-order valence-corrected chi connectivity index (χ3v) is 5.98. The number of nitriles is 1. The van der Waals surface area contributed by atoms with E-state index in [1.54, 1.807) is 16.8 Å². The van der Waals surface area contributed by atoms with Gasteiger partial charge in [0.2, 0.25) is 5.91 Å². The Morgan fingerprint density at radius 2 is 2.09 bits per heavy atom. The molecule has 0 unspecified atom stereocenters. The van der Waals surface area contributed by atoms with Crippen LogP contribution in [-0.4, -0.2) is 39.3 Å². The zero-order valence-electron chi connectivity index (χ0n) is 19.0. The van der Waals surface area contributed by atoms with Gasteiger partial charge in [0.25, 0.3) is 5.56 Å². The maximum absolute atomic E-state index is 13.2. The Hall–Kier alpha value is -3.25. The summed E-state index contributed by atoms with van der Waals surface area (Å²) in [5.41, 5.74) is 1.11. The first-order chi connectivity index (χ1) is 16.0. The molecule has 1 aromatic carbocycles. The van der Waals surface area contributed by atoms with Gasteiger partial charge >= 0.3 is 0 Å². The fourth-order valence-corrected chi connectivity index (χ4v) is 4.09. The van der Waals surface area contributed by atoms with Gasteiger partial charge in [-0.15, -0.1) is 0 Å². The van der Waals surface area contributed by atoms with E-state index in [0.29, 0.717) is 66.0 Å². The molecule has 8 nitrogen and oxygen atoms in total. The lowest BCUT2D eigenvalue weighted by Gasteiger charge is -2.13. The lowest BCUT2D eigenvalue weighted by molar-refractivity contribution is -0.121. The largest absolute Gasteiger partial charge is 0.494 e. The third-order valence-electron chi connectivity index (χ3n) is 4.95. The number of nitrogens with zero attached hydrogens (tertiary/aromatic N) is 3. The lowest BCUT2D eigenvalue weighted by Crippen LogP contribution is -2.24. The summed E-state index contributed by atoms with van der Waals surface area (Å²) < 4.78 is 7.40.